The Bertz CT molecular complexity index is 633. The lowest BCUT2D eigenvalue weighted by atomic mass is 10.0. The van der Waals surface area contributed by atoms with Gasteiger partial charge in [0.1, 0.15) is 0 Å². The van der Waals surface area contributed by atoms with Crippen LogP contribution in [0.1, 0.15) is 36.7 Å². The van der Waals surface area contributed by atoms with E-state index in [1.54, 1.807) is 0 Å². The van der Waals surface area contributed by atoms with Gasteiger partial charge in [-0.1, -0.05) is 0 Å². The van der Waals surface area contributed by atoms with E-state index in [1.807, 2.05) is 16.7 Å². The molecule has 1 N–H and O–H groups in total. The maximum absolute atomic E-state index is 12.6. The largest absolute Gasteiger partial charge is 0.331 e. The van der Waals surface area contributed by atoms with Gasteiger partial charge in [0.25, 0.3) is 0 Å². The standard InChI is InChI=1S/C18H29N5OS.3ClH/c1-13-9-14(2)23(20-13)15-3-5-21(6-4-15)16-10-17(19-11-16)18(24)22-7-8-25-12-22;;;/h9,15-17,19H,3-8,10-12H2,1-2H3;3*1H/t16-,17-;;;/m0.../s1. The van der Waals surface area contributed by atoms with Crippen molar-refractivity contribution in [2.75, 3.05) is 37.8 Å². The van der Waals surface area contributed by atoms with Crippen molar-refractivity contribution in [1.82, 2.24) is 24.9 Å². The first-order valence-corrected chi connectivity index (χ1v) is 10.6. The minimum absolute atomic E-state index is 0. The van der Waals surface area contributed by atoms with Crippen molar-refractivity contribution in [3.63, 3.8) is 0 Å². The molecule has 3 aliphatic heterocycles. The molecule has 162 valence electrons. The van der Waals surface area contributed by atoms with Crippen molar-refractivity contribution in [3.05, 3.63) is 17.5 Å². The predicted octanol–water partition coefficient (Wildman–Crippen LogP) is 2.67. The van der Waals surface area contributed by atoms with E-state index in [0.717, 1.165) is 62.8 Å². The van der Waals surface area contributed by atoms with Crippen molar-refractivity contribution in [1.29, 1.82) is 0 Å². The molecular formula is C18H32Cl3N5OS. The summed E-state index contributed by atoms with van der Waals surface area (Å²) in [7, 11) is 0. The number of carbonyl (C=O) groups is 1. The molecule has 4 heterocycles. The fraction of sp³-hybridized carbons (Fsp3) is 0.778. The van der Waals surface area contributed by atoms with E-state index in [0.29, 0.717) is 18.0 Å². The third kappa shape index (κ3) is 5.49. The van der Waals surface area contributed by atoms with E-state index in [1.165, 1.54) is 5.69 Å². The second-order valence-electron chi connectivity index (χ2n) is 7.63. The second kappa shape index (κ2) is 11.3. The third-order valence-electron chi connectivity index (χ3n) is 5.88. The van der Waals surface area contributed by atoms with Crippen molar-refractivity contribution in [2.45, 2.75) is 51.2 Å². The molecule has 3 saturated heterocycles. The molecule has 0 spiro atoms. The topological polar surface area (TPSA) is 53.4 Å². The Morgan fingerprint density at radius 1 is 1.14 bits per heavy atom. The van der Waals surface area contributed by atoms with Gasteiger partial charge in [-0.2, -0.15) is 5.10 Å². The highest BCUT2D eigenvalue weighted by Gasteiger charge is 2.37. The van der Waals surface area contributed by atoms with Gasteiger partial charge in [-0.3, -0.25) is 14.4 Å². The quantitative estimate of drug-likeness (QED) is 0.733. The maximum atomic E-state index is 12.6. The zero-order valence-corrected chi connectivity index (χ0v) is 19.8. The molecule has 0 aromatic carbocycles. The number of halogens is 3. The summed E-state index contributed by atoms with van der Waals surface area (Å²) in [6.45, 7) is 8.30. The van der Waals surface area contributed by atoms with Crippen LogP contribution in [0.5, 0.6) is 0 Å². The van der Waals surface area contributed by atoms with Crippen molar-refractivity contribution < 1.29 is 4.79 Å². The molecule has 2 atom stereocenters. The van der Waals surface area contributed by atoms with Crippen LogP contribution in [0.3, 0.4) is 0 Å². The molecule has 0 unspecified atom stereocenters. The van der Waals surface area contributed by atoms with Crippen LogP contribution in [0.4, 0.5) is 0 Å². The molecule has 0 aliphatic carbocycles. The molecule has 1 aromatic heterocycles. The van der Waals surface area contributed by atoms with Crippen molar-refractivity contribution >= 4 is 54.9 Å². The Labute approximate surface area is 190 Å². The number of hydrogen-bond donors (Lipinski definition) is 1. The Morgan fingerprint density at radius 3 is 2.43 bits per heavy atom. The van der Waals surface area contributed by atoms with Crippen LogP contribution in [0.15, 0.2) is 6.07 Å². The number of nitrogens with one attached hydrogen (secondary N) is 1. The number of piperidine rings is 1. The van der Waals surface area contributed by atoms with E-state index < -0.39 is 0 Å². The lowest BCUT2D eigenvalue weighted by Gasteiger charge is -2.36. The van der Waals surface area contributed by atoms with Gasteiger partial charge in [-0.15, -0.1) is 49.0 Å². The Morgan fingerprint density at radius 2 is 1.86 bits per heavy atom. The summed E-state index contributed by atoms with van der Waals surface area (Å²) in [6, 6.07) is 3.22. The fourth-order valence-corrected chi connectivity index (χ4v) is 5.46. The molecule has 1 aromatic rings. The smallest absolute Gasteiger partial charge is 0.240 e. The van der Waals surface area contributed by atoms with Gasteiger partial charge in [-0.25, -0.2) is 0 Å². The third-order valence-corrected chi connectivity index (χ3v) is 6.84. The molecule has 0 saturated carbocycles. The molecule has 10 heteroatoms. The fourth-order valence-electron chi connectivity index (χ4n) is 4.50. The van der Waals surface area contributed by atoms with Gasteiger partial charge < -0.3 is 10.2 Å². The summed E-state index contributed by atoms with van der Waals surface area (Å²) >= 11 is 1.86. The van der Waals surface area contributed by atoms with Gasteiger partial charge in [0, 0.05) is 43.7 Å². The first-order chi connectivity index (χ1) is 12.1. The van der Waals surface area contributed by atoms with Gasteiger partial charge in [-0.05, 0) is 39.2 Å². The monoisotopic (exact) mass is 471 g/mol. The van der Waals surface area contributed by atoms with Crippen LogP contribution in [-0.4, -0.2) is 75.4 Å². The minimum atomic E-state index is 0. The number of rotatable bonds is 3. The van der Waals surface area contributed by atoms with Crippen molar-refractivity contribution in [2.24, 2.45) is 0 Å². The van der Waals surface area contributed by atoms with Gasteiger partial charge in [0.15, 0.2) is 0 Å². The number of nitrogens with zero attached hydrogens (tertiary/aromatic N) is 4. The van der Waals surface area contributed by atoms with Gasteiger partial charge in [0.2, 0.25) is 5.91 Å². The molecule has 3 fully saturated rings. The van der Waals surface area contributed by atoms with Crippen LogP contribution in [0, 0.1) is 13.8 Å². The zero-order chi connectivity index (χ0) is 17.4. The van der Waals surface area contributed by atoms with Crippen LogP contribution < -0.4 is 5.32 Å². The average Bonchev–Trinajstić information content (AvgIpc) is 3.35. The summed E-state index contributed by atoms with van der Waals surface area (Å²) in [5, 5.41) is 8.15. The van der Waals surface area contributed by atoms with E-state index in [4.69, 9.17) is 0 Å². The zero-order valence-electron chi connectivity index (χ0n) is 16.5. The second-order valence-corrected chi connectivity index (χ2v) is 8.70. The highest BCUT2D eigenvalue weighted by Crippen LogP contribution is 2.27. The van der Waals surface area contributed by atoms with Gasteiger partial charge >= 0.3 is 0 Å². The van der Waals surface area contributed by atoms with Crippen LogP contribution >= 0.6 is 49.0 Å². The highest BCUT2D eigenvalue weighted by molar-refractivity contribution is 7.99. The summed E-state index contributed by atoms with van der Waals surface area (Å²) in [6.07, 6.45) is 3.27. The molecule has 6 nitrogen and oxygen atoms in total. The summed E-state index contributed by atoms with van der Waals surface area (Å²) in [4.78, 5) is 17.2. The van der Waals surface area contributed by atoms with Crippen LogP contribution in [0.25, 0.3) is 0 Å². The number of likely N-dealkylation sites (tertiary alicyclic amines) is 1. The first kappa shape index (κ1) is 25.9. The first-order valence-electron chi connectivity index (χ1n) is 9.48. The molecule has 0 bridgehead atoms. The summed E-state index contributed by atoms with van der Waals surface area (Å²) in [5.74, 6) is 2.27. The molecule has 3 aliphatic rings. The number of hydrogen-bond acceptors (Lipinski definition) is 5. The predicted molar refractivity (Wildman–Crippen MR) is 123 cm³/mol. The SMILES string of the molecule is Cc1cc(C)n(C2CCN([C@@H]3CN[C@H](C(=O)N4CCSC4)C3)CC2)n1.Cl.Cl.Cl. The molecular weight excluding hydrogens is 441 g/mol. The number of carbonyl (C=O) groups excluding carboxylic acids is 1. The average molecular weight is 473 g/mol. The highest BCUT2D eigenvalue weighted by atomic mass is 35.5. The lowest BCUT2D eigenvalue weighted by molar-refractivity contribution is -0.131. The number of aryl methyl sites for hydroxylation is 2. The maximum Gasteiger partial charge on any atom is 0.240 e. The lowest BCUT2D eigenvalue weighted by Crippen LogP contribution is -2.43. The normalized spacial score (nSPS) is 25.7. The Balaban J connectivity index is 0.00000131. The van der Waals surface area contributed by atoms with E-state index in [9.17, 15) is 4.79 Å². The van der Waals surface area contributed by atoms with E-state index >= 15 is 0 Å². The summed E-state index contributed by atoms with van der Waals surface area (Å²) in [5.41, 5.74) is 2.38. The summed E-state index contributed by atoms with van der Waals surface area (Å²) < 4.78 is 2.22. The van der Waals surface area contributed by atoms with Crippen LogP contribution in [0.2, 0.25) is 0 Å². The minimum Gasteiger partial charge on any atom is -0.331 e. The number of aromatic nitrogens is 2. The number of thioether (sulfide) groups is 1. The molecule has 4 rings (SSSR count). The Kier molecular flexibility index (Phi) is 10.4. The van der Waals surface area contributed by atoms with Crippen LogP contribution in [-0.2, 0) is 4.79 Å². The van der Waals surface area contributed by atoms with E-state index in [2.05, 4.69) is 39.9 Å². The number of amides is 1. The Hall–Kier alpha value is -0.180. The molecule has 28 heavy (non-hydrogen) atoms. The van der Waals surface area contributed by atoms with E-state index in [-0.39, 0.29) is 43.3 Å². The van der Waals surface area contributed by atoms with Gasteiger partial charge in [0.05, 0.1) is 23.7 Å². The van der Waals surface area contributed by atoms with Crippen molar-refractivity contribution in [3.8, 4) is 0 Å². The molecule has 1 amide bonds. The molecule has 0 radical (unpaired) electrons.